The van der Waals surface area contributed by atoms with Crippen molar-refractivity contribution in [2.24, 2.45) is 11.8 Å². The molecule has 17 heavy (non-hydrogen) atoms. The number of benzene rings is 1. The average molecular weight is 235 g/mol. The fraction of sp³-hybridized carbons (Fsp3) is 0.571. The van der Waals surface area contributed by atoms with Crippen LogP contribution in [0, 0.1) is 17.7 Å². The molecule has 0 spiro atoms. The molecule has 0 amide bonds. The van der Waals surface area contributed by atoms with Crippen molar-refractivity contribution in [2.75, 3.05) is 13.1 Å². The quantitative estimate of drug-likeness (QED) is 0.780. The molecule has 3 atom stereocenters. The van der Waals surface area contributed by atoms with E-state index in [4.69, 9.17) is 0 Å². The summed E-state index contributed by atoms with van der Waals surface area (Å²) in [6.45, 7) is 1.88. The summed E-state index contributed by atoms with van der Waals surface area (Å²) in [5, 5.41) is 14.3. The Morgan fingerprint density at radius 3 is 2.76 bits per heavy atom. The summed E-state index contributed by atoms with van der Waals surface area (Å²) >= 11 is 0. The van der Waals surface area contributed by atoms with Gasteiger partial charge in [0.05, 0.1) is 5.60 Å². The Morgan fingerprint density at radius 2 is 2.00 bits per heavy atom. The lowest BCUT2D eigenvalue weighted by atomic mass is 9.67. The summed E-state index contributed by atoms with van der Waals surface area (Å²) in [5.41, 5.74) is 0.109. The van der Waals surface area contributed by atoms with Gasteiger partial charge in [-0.2, -0.15) is 0 Å². The van der Waals surface area contributed by atoms with E-state index in [-0.39, 0.29) is 11.7 Å². The van der Waals surface area contributed by atoms with E-state index in [1.54, 1.807) is 12.1 Å². The molecule has 3 rings (SSSR count). The van der Waals surface area contributed by atoms with Gasteiger partial charge in [0.1, 0.15) is 5.82 Å². The molecule has 1 aliphatic carbocycles. The van der Waals surface area contributed by atoms with Crippen LogP contribution in [-0.2, 0) is 5.60 Å². The lowest BCUT2D eigenvalue weighted by molar-refractivity contribution is -0.0634. The predicted molar refractivity (Wildman–Crippen MR) is 64.0 cm³/mol. The molecule has 2 N–H and O–H groups in total. The zero-order valence-electron chi connectivity index (χ0n) is 9.82. The van der Waals surface area contributed by atoms with Gasteiger partial charge >= 0.3 is 0 Å². The maximum atomic E-state index is 13.0. The van der Waals surface area contributed by atoms with Crippen LogP contribution in [0.15, 0.2) is 24.3 Å². The Balaban J connectivity index is 1.95. The molecule has 1 aromatic carbocycles. The van der Waals surface area contributed by atoms with Gasteiger partial charge in [-0.25, -0.2) is 4.39 Å². The van der Waals surface area contributed by atoms with E-state index in [1.165, 1.54) is 18.6 Å². The van der Waals surface area contributed by atoms with E-state index >= 15 is 0 Å². The summed E-state index contributed by atoms with van der Waals surface area (Å²) in [4.78, 5) is 0. The van der Waals surface area contributed by atoms with Crippen molar-refractivity contribution in [3.8, 4) is 0 Å². The average Bonchev–Trinajstić information content (AvgIpc) is 2.80. The number of nitrogens with one attached hydrogen (secondary N) is 1. The highest BCUT2D eigenvalue weighted by atomic mass is 19.1. The molecule has 0 bridgehead atoms. The molecule has 2 nitrogen and oxygen atoms in total. The van der Waals surface area contributed by atoms with Crippen LogP contribution in [0.1, 0.15) is 24.8 Å². The number of aliphatic hydroxyl groups is 1. The van der Waals surface area contributed by atoms with Crippen molar-refractivity contribution in [2.45, 2.75) is 24.9 Å². The van der Waals surface area contributed by atoms with Crippen LogP contribution in [0.25, 0.3) is 0 Å². The molecule has 1 aromatic rings. The van der Waals surface area contributed by atoms with Gasteiger partial charge in [0, 0.05) is 12.5 Å². The van der Waals surface area contributed by atoms with Gasteiger partial charge < -0.3 is 10.4 Å². The van der Waals surface area contributed by atoms with E-state index in [0.29, 0.717) is 5.92 Å². The molecule has 3 heteroatoms. The van der Waals surface area contributed by atoms with Crippen LogP contribution in [0.2, 0.25) is 0 Å². The van der Waals surface area contributed by atoms with Crippen LogP contribution in [0.4, 0.5) is 4.39 Å². The van der Waals surface area contributed by atoms with Crippen molar-refractivity contribution in [1.82, 2.24) is 5.32 Å². The molecule has 1 saturated carbocycles. The van der Waals surface area contributed by atoms with Crippen LogP contribution in [0.5, 0.6) is 0 Å². The zero-order chi connectivity index (χ0) is 11.9. The molecular weight excluding hydrogens is 217 g/mol. The number of rotatable bonds is 1. The minimum absolute atomic E-state index is 0.241. The minimum Gasteiger partial charge on any atom is -0.385 e. The lowest BCUT2D eigenvalue weighted by Gasteiger charge is -2.41. The largest absolute Gasteiger partial charge is 0.385 e. The van der Waals surface area contributed by atoms with Crippen molar-refractivity contribution in [1.29, 1.82) is 0 Å². The third-order valence-electron chi connectivity index (χ3n) is 4.43. The summed E-state index contributed by atoms with van der Waals surface area (Å²) in [5.74, 6) is 0.606. The molecule has 3 unspecified atom stereocenters. The fourth-order valence-electron chi connectivity index (χ4n) is 3.51. The van der Waals surface area contributed by atoms with Crippen LogP contribution >= 0.6 is 0 Å². The number of hydrogen-bond donors (Lipinski definition) is 2. The molecule has 2 fully saturated rings. The van der Waals surface area contributed by atoms with Crippen molar-refractivity contribution in [3.05, 3.63) is 35.6 Å². The molecule has 92 valence electrons. The lowest BCUT2D eigenvalue weighted by Crippen LogP contribution is -2.42. The third kappa shape index (κ3) is 1.78. The molecule has 1 saturated heterocycles. The van der Waals surface area contributed by atoms with Gasteiger partial charge in [-0.05, 0) is 49.4 Å². The van der Waals surface area contributed by atoms with E-state index in [9.17, 15) is 9.50 Å². The molecule has 1 heterocycles. The molecular formula is C14H18FNO. The first-order valence-electron chi connectivity index (χ1n) is 6.39. The minimum atomic E-state index is -0.764. The van der Waals surface area contributed by atoms with Gasteiger partial charge in [-0.3, -0.25) is 0 Å². The second-order valence-electron chi connectivity index (χ2n) is 5.35. The monoisotopic (exact) mass is 235 g/mol. The highest BCUT2D eigenvalue weighted by molar-refractivity contribution is 5.25. The van der Waals surface area contributed by atoms with Gasteiger partial charge in [0.2, 0.25) is 0 Å². The van der Waals surface area contributed by atoms with Gasteiger partial charge in [0.25, 0.3) is 0 Å². The van der Waals surface area contributed by atoms with Crippen molar-refractivity contribution in [3.63, 3.8) is 0 Å². The summed E-state index contributed by atoms with van der Waals surface area (Å²) in [7, 11) is 0. The van der Waals surface area contributed by atoms with E-state index in [2.05, 4.69) is 5.32 Å². The second-order valence-corrected chi connectivity index (χ2v) is 5.35. The molecule has 0 radical (unpaired) electrons. The van der Waals surface area contributed by atoms with Crippen LogP contribution < -0.4 is 5.32 Å². The van der Waals surface area contributed by atoms with Crippen LogP contribution in [0.3, 0.4) is 0 Å². The summed E-state index contributed by atoms with van der Waals surface area (Å²) in [6.07, 6.45) is 3.04. The highest BCUT2D eigenvalue weighted by Gasteiger charge is 2.47. The Kier molecular flexibility index (Phi) is 2.68. The molecule has 0 aromatic heterocycles. The van der Waals surface area contributed by atoms with Gasteiger partial charge in [-0.15, -0.1) is 0 Å². The Bertz CT molecular complexity index is 405. The standard InChI is InChI=1S/C14H18FNO/c15-12-5-3-11(4-6-12)14(17)7-1-2-10-8-16-9-13(10)14/h3-6,10,13,16-17H,1-2,7-9H2. The number of hydrogen-bond acceptors (Lipinski definition) is 2. The second kappa shape index (κ2) is 4.07. The van der Waals surface area contributed by atoms with E-state index in [1.807, 2.05) is 0 Å². The molecule has 1 aliphatic heterocycles. The topological polar surface area (TPSA) is 32.3 Å². The SMILES string of the molecule is OC1(c2ccc(F)cc2)CCCC2CNCC21. The Morgan fingerprint density at radius 1 is 1.24 bits per heavy atom. The number of halogens is 1. The molecule has 2 aliphatic rings. The summed E-state index contributed by atoms with van der Waals surface area (Å²) < 4.78 is 13.0. The van der Waals surface area contributed by atoms with Gasteiger partial charge in [0.15, 0.2) is 0 Å². The zero-order valence-corrected chi connectivity index (χ0v) is 9.82. The smallest absolute Gasteiger partial charge is 0.123 e. The maximum Gasteiger partial charge on any atom is 0.123 e. The predicted octanol–water partition coefficient (Wildman–Crippen LogP) is 2.03. The van der Waals surface area contributed by atoms with E-state index in [0.717, 1.165) is 31.5 Å². The fourth-order valence-corrected chi connectivity index (χ4v) is 3.51. The van der Waals surface area contributed by atoms with Gasteiger partial charge in [-0.1, -0.05) is 12.1 Å². The first-order valence-corrected chi connectivity index (χ1v) is 6.39. The first kappa shape index (κ1) is 11.2. The van der Waals surface area contributed by atoms with Crippen LogP contribution in [-0.4, -0.2) is 18.2 Å². The third-order valence-corrected chi connectivity index (χ3v) is 4.43. The number of fused-ring (bicyclic) bond motifs is 1. The Labute approximate surface area is 101 Å². The highest BCUT2D eigenvalue weighted by Crippen LogP contribution is 2.46. The normalized spacial score (nSPS) is 36.8. The van der Waals surface area contributed by atoms with E-state index < -0.39 is 5.60 Å². The first-order chi connectivity index (χ1) is 8.20. The maximum absolute atomic E-state index is 13.0. The summed E-state index contributed by atoms with van der Waals surface area (Å²) in [6, 6.07) is 6.35. The van der Waals surface area contributed by atoms with Crippen molar-refractivity contribution >= 4 is 0 Å². The van der Waals surface area contributed by atoms with Crippen molar-refractivity contribution < 1.29 is 9.50 Å². The Hall–Kier alpha value is -0.930.